The van der Waals surface area contributed by atoms with E-state index in [-0.39, 0.29) is 51.4 Å². The molecule has 0 aromatic rings. The number of hydrogen-bond donors (Lipinski definition) is 0. The first-order chi connectivity index (χ1) is 3.72. The average molecular weight is 146 g/mol. The topological polar surface area (TPSA) is 0 Å². The maximum absolute atomic E-state index is 3.26. The third-order valence-electron chi connectivity index (χ3n) is 1.82. The summed E-state index contributed by atoms with van der Waals surface area (Å²) in [5, 5.41) is 0. The first kappa shape index (κ1) is 10.1. The van der Waals surface area contributed by atoms with Crippen LogP contribution in [0.3, 0.4) is 0 Å². The van der Waals surface area contributed by atoms with E-state index in [4.69, 9.17) is 0 Å². The molecule has 0 spiro atoms. The van der Waals surface area contributed by atoms with Crippen LogP contribution in [0.5, 0.6) is 0 Å². The Bertz CT molecular complexity index is 158. The van der Waals surface area contributed by atoms with Gasteiger partial charge in [-0.15, -0.1) is 13.3 Å². The van der Waals surface area contributed by atoms with Crippen molar-refractivity contribution < 1.29 is 51.4 Å². The Kier molecular flexibility index (Phi) is 4.60. The van der Waals surface area contributed by atoms with Gasteiger partial charge in [-0.1, -0.05) is 13.8 Å². The maximum atomic E-state index is 3.26. The van der Waals surface area contributed by atoms with Crippen LogP contribution in [-0.4, -0.2) is 0 Å². The molecular formula is C8H11K. The monoisotopic (exact) mass is 146 g/mol. The van der Waals surface area contributed by atoms with Crippen molar-refractivity contribution in [2.24, 2.45) is 0 Å². The fourth-order valence-corrected chi connectivity index (χ4v) is 0.850. The summed E-state index contributed by atoms with van der Waals surface area (Å²) in [5.74, 6) is 0. The Hall–Kier alpha value is 1.12. The molecule has 1 aliphatic rings. The Morgan fingerprint density at radius 1 is 1.22 bits per heavy atom. The molecule has 0 aromatic carbocycles. The minimum absolute atomic E-state index is 0. The molecule has 0 aliphatic heterocycles. The van der Waals surface area contributed by atoms with Crippen LogP contribution >= 0.6 is 0 Å². The molecule has 0 nitrogen and oxygen atoms in total. The molecule has 0 aromatic heterocycles. The van der Waals surface area contributed by atoms with Crippen LogP contribution in [0.4, 0.5) is 0 Å². The minimum atomic E-state index is 0. The van der Waals surface area contributed by atoms with Crippen molar-refractivity contribution in [1.82, 2.24) is 0 Å². The fraction of sp³-hybridized carbons (Fsp3) is 0.500. The van der Waals surface area contributed by atoms with E-state index in [9.17, 15) is 0 Å². The molecule has 0 N–H and O–H groups in total. The Morgan fingerprint density at radius 3 is 1.89 bits per heavy atom. The second-order valence-electron chi connectivity index (χ2n) is 2.38. The SMILES string of the molecule is CC1=[C-]CC(C)=C1C.[K+]. The van der Waals surface area contributed by atoms with Crippen LogP contribution in [0, 0.1) is 6.08 Å². The predicted molar refractivity (Wildman–Crippen MR) is 35.4 cm³/mol. The summed E-state index contributed by atoms with van der Waals surface area (Å²) in [7, 11) is 0. The van der Waals surface area contributed by atoms with E-state index in [1.54, 1.807) is 0 Å². The molecule has 1 rings (SSSR count). The van der Waals surface area contributed by atoms with Gasteiger partial charge in [0.15, 0.2) is 0 Å². The van der Waals surface area contributed by atoms with E-state index < -0.39 is 0 Å². The van der Waals surface area contributed by atoms with Crippen molar-refractivity contribution in [3.8, 4) is 0 Å². The molecule has 0 unspecified atom stereocenters. The molecule has 0 bridgehead atoms. The van der Waals surface area contributed by atoms with Gasteiger partial charge < -0.3 is 0 Å². The van der Waals surface area contributed by atoms with Gasteiger partial charge in [-0.25, -0.2) is 5.57 Å². The molecule has 0 saturated carbocycles. The van der Waals surface area contributed by atoms with Crippen molar-refractivity contribution in [2.75, 3.05) is 0 Å². The molecule has 1 aliphatic carbocycles. The van der Waals surface area contributed by atoms with Gasteiger partial charge in [0, 0.05) is 0 Å². The third kappa shape index (κ3) is 2.32. The summed E-state index contributed by atoms with van der Waals surface area (Å²) in [6, 6.07) is 0. The summed E-state index contributed by atoms with van der Waals surface area (Å²) in [4.78, 5) is 0. The van der Waals surface area contributed by atoms with Crippen LogP contribution in [-0.2, 0) is 0 Å². The van der Waals surface area contributed by atoms with Crippen LogP contribution in [0.1, 0.15) is 27.2 Å². The van der Waals surface area contributed by atoms with Gasteiger partial charge >= 0.3 is 51.4 Å². The Labute approximate surface area is 99.8 Å². The van der Waals surface area contributed by atoms with Crippen molar-refractivity contribution in [3.63, 3.8) is 0 Å². The molecule has 0 amide bonds. The van der Waals surface area contributed by atoms with Crippen molar-refractivity contribution in [1.29, 1.82) is 0 Å². The molecule has 0 radical (unpaired) electrons. The van der Waals surface area contributed by atoms with Crippen molar-refractivity contribution in [2.45, 2.75) is 27.2 Å². The van der Waals surface area contributed by atoms with Crippen LogP contribution in [0.25, 0.3) is 0 Å². The van der Waals surface area contributed by atoms with Gasteiger partial charge in [0.2, 0.25) is 0 Å². The average Bonchev–Trinajstić information content (AvgIpc) is 1.98. The van der Waals surface area contributed by atoms with E-state index in [0.717, 1.165) is 6.42 Å². The molecule has 9 heavy (non-hydrogen) atoms. The standard InChI is InChI=1S/C8H11.K/c1-6-4-5-7(2)8(6)3;/h4H2,1-3H3;/q-1;+1. The molecule has 0 heterocycles. The zero-order valence-corrected chi connectivity index (χ0v) is 9.83. The van der Waals surface area contributed by atoms with Crippen LogP contribution in [0.2, 0.25) is 0 Å². The van der Waals surface area contributed by atoms with E-state index in [0.29, 0.717) is 0 Å². The normalized spacial score (nSPS) is 17.4. The summed E-state index contributed by atoms with van der Waals surface area (Å²) in [6.07, 6.45) is 4.31. The summed E-state index contributed by atoms with van der Waals surface area (Å²) in [6.45, 7) is 6.44. The second-order valence-corrected chi connectivity index (χ2v) is 2.38. The zero-order chi connectivity index (χ0) is 6.15. The van der Waals surface area contributed by atoms with Gasteiger partial charge in [0.05, 0.1) is 0 Å². The largest absolute Gasteiger partial charge is 1.00 e. The van der Waals surface area contributed by atoms with Crippen molar-refractivity contribution >= 4 is 0 Å². The first-order valence-electron chi connectivity index (χ1n) is 2.96. The van der Waals surface area contributed by atoms with E-state index in [1.165, 1.54) is 16.7 Å². The molecule has 1 heteroatoms. The molecule has 44 valence electrons. The number of hydrogen-bond acceptors (Lipinski definition) is 0. The smallest absolute Gasteiger partial charge is 0.269 e. The number of rotatable bonds is 0. The Morgan fingerprint density at radius 2 is 1.78 bits per heavy atom. The summed E-state index contributed by atoms with van der Waals surface area (Å²) >= 11 is 0. The fourth-order valence-electron chi connectivity index (χ4n) is 0.850. The maximum Gasteiger partial charge on any atom is 1.00 e. The molecular weight excluding hydrogens is 135 g/mol. The van der Waals surface area contributed by atoms with Gasteiger partial charge in [0.1, 0.15) is 0 Å². The van der Waals surface area contributed by atoms with Gasteiger partial charge in [-0.05, 0) is 0 Å². The predicted octanol–water partition coefficient (Wildman–Crippen LogP) is -0.520. The van der Waals surface area contributed by atoms with E-state index in [1.807, 2.05) is 0 Å². The summed E-state index contributed by atoms with van der Waals surface area (Å²) in [5.41, 5.74) is 4.25. The molecule has 0 atom stereocenters. The third-order valence-corrected chi connectivity index (χ3v) is 1.82. The molecule has 0 saturated heterocycles. The van der Waals surface area contributed by atoms with Crippen LogP contribution in [0.15, 0.2) is 16.7 Å². The van der Waals surface area contributed by atoms with Crippen LogP contribution < -0.4 is 51.4 Å². The summed E-state index contributed by atoms with van der Waals surface area (Å²) < 4.78 is 0. The first-order valence-corrected chi connectivity index (χ1v) is 2.96. The van der Waals surface area contributed by atoms with E-state index in [2.05, 4.69) is 26.8 Å². The van der Waals surface area contributed by atoms with Gasteiger partial charge in [0.25, 0.3) is 0 Å². The van der Waals surface area contributed by atoms with E-state index >= 15 is 0 Å². The van der Waals surface area contributed by atoms with Gasteiger partial charge in [-0.2, -0.15) is 11.1 Å². The van der Waals surface area contributed by atoms with Crippen molar-refractivity contribution in [3.05, 3.63) is 22.8 Å². The van der Waals surface area contributed by atoms with Gasteiger partial charge in [-0.3, -0.25) is 6.08 Å². The molecule has 0 fully saturated rings. The number of allylic oxidation sites excluding steroid dienone is 4. The zero-order valence-electron chi connectivity index (χ0n) is 6.71. The Balaban J connectivity index is 0.000000640. The minimum Gasteiger partial charge on any atom is -0.269 e. The quantitative estimate of drug-likeness (QED) is 0.319. The second kappa shape index (κ2) is 4.09.